The number of nitrogens with zero attached hydrogens (tertiary/aromatic N) is 1. The summed E-state index contributed by atoms with van der Waals surface area (Å²) in [5.41, 5.74) is -0.706. The van der Waals surface area contributed by atoms with Gasteiger partial charge in [-0.05, 0) is 13.8 Å². The number of carboxylic acids is 1. The van der Waals surface area contributed by atoms with Gasteiger partial charge in [-0.3, -0.25) is 4.79 Å². The van der Waals surface area contributed by atoms with Gasteiger partial charge in [-0.2, -0.15) is 0 Å². The second-order valence-electron chi connectivity index (χ2n) is 3.58. The van der Waals surface area contributed by atoms with Crippen LogP contribution in [0, 0.1) is 0 Å². The molecule has 0 aromatic heterocycles. The fourth-order valence-corrected chi connectivity index (χ4v) is 0.651. The zero-order valence-corrected chi connectivity index (χ0v) is 8.57. The minimum absolute atomic E-state index is 0.190. The summed E-state index contributed by atoms with van der Waals surface area (Å²) < 4.78 is 0. The van der Waals surface area contributed by atoms with E-state index >= 15 is 0 Å². The number of aliphatic hydroxyl groups is 1. The topological polar surface area (TPSA) is 89.9 Å². The Balaban J connectivity index is 4.19. The molecule has 0 atom stereocenters. The predicted octanol–water partition coefficient (Wildman–Crippen LogP) is -0.517. The average molecular weight is 204 g/mol. The zero-order chi connectivity index (χ0) is 11.4. The number of aliphatic carboxylic acids is 1. The second kappa shape index (κ2) is 4.80. The Morgan fingerprint density at radius 2 is 1.93 bits per heavy atom. The zero-order valence-electron chi connectivity index (χ0n) is 8.57. The molecule has 6 nitrogen and oxygen atoms in total. The molecule has 14 heavy (non-hydrogen) atoms. The third-order valence-electron chi connectivity index (χ3n) is 1.99. The highest BCUT2D eigenvalue weighted by Crippen LogP contribution is 2.10. The molecule has 0 aromatic rings. The van der Waals surface area contributed by atoms with Crippen molar-refractivity contribution in [2.75, 3.05) is 20.2 Å². The minimum atomic E-state index is -1.10. The van der Waals surface area contributed by atoms with Crippen molar-refractivity contribution in [3.05, 3.63) is 0 Å². The lowest BCUT2D eigenvalue weighted by molar-refractivity contribution is -0.135. The van der Waals surface area contributed by atoms with Crippen LogP contribution in [-0.2, 0) is 4.79 Å². The summed E-state index contributed by atoms with van der Waals surface area (Å²) in [4.78, 5) is 22.7. The van der Waals surface area contributed by atoms with Gasteiger partial charge in [0, 0.05) is 7.05 Å². The van der Waals surface area contributed by atoms with Crippen LogP contribution in [-0.4, -0.2) is 52.9 Å². The van der Waals surface area contributed by atoms with E-state index in [2.05, 4.69) is 5.32 Å². The van der Waals surface area contributed by atoms with E-state index in [1.807, 2.05) is 0 Å². The van der Waals surface area contributed by atoms with Crippen molar-refractivity contribution in [2.45, 2.75) is 19.4 Å². The van der Waals surface area contributed by atoms with E-state index in [0.717, 1.165) is 0 Å². The van der Waals surface area contributed by atoms with Crippen LogP contribution in [0.1, 0.15) is 13.8 Å². The van der Waals surface area contributed by atoms with Crippen molar-refractivity contribution < 1.29 is 19.8 Å². The van der Waals surface area contributed by atoms with Crippen LogP contribution < -0.4 is 5.32 Å². The van der Waals surface area contributed by atoms with Crippen LogP contribution in [0.3, 0.4) is 0 Å². The highest BCUT2D eigenvalue weighted by atomic mass is 16.4. The molecule has 0 unspecified atom stereocenters. The van der Waals surface area contributed by atoms with Crippen LogP contribution in [0.15, 0.2) is 0 Å². The second-order valence-corrected chi connectivity index (χ2v) is 3.58. The molecule has 82 valence electrons. The molecule has 0 spiro atoms. The fourth-order valence-electron chi connectivity index (χ4n) is 0.651. The summed E-state index contributed by atoms with van der Waals surface area (Å²) in [6, 6.07) is -0.522. The quantitative estimate of drug-likeness (QED) is 0.575. The number of nitrogens with one attached hydrogen (secondary N) is 1. The first-order chi connectivity index (χ1) is 6.31. The number of aliphatic hydroxyl groups excluding tert-OH is 1. The Morgan fingerprint density at radius 1 is 1.43 bits per heavy atom. The molecule has 2 amide bonds. The van der Waals surface area contributed by atoms with Gasteiger partial charge in [0.25, 0.3) is 0 Å². The third kappa shape index (κ3) is 3.61. The first-order valence-electron chi connectivity index (χ1n) is 4.15. The molecule has 0 saturated carbocycles. The summed E-state index contributed by atoms with van der Waals surface area (Å²) >= 11 is 0. The Hall–Kier alpha value is -1.30. The van der Waals surface area contributed by atoms with Crippen LogP contribution in [0.4, 0.5) is 4.79 Å². The maximum Gasteiger partial charge on any atom is 0.323 e. The lowest BCUT2D eigenvalue weighted by atomic mass is 10.1. The van der Waals surface area contributed by atoms with E-state index in [1.165, 1.54) is 11.9 Å². The molecular weight excluding hydrogens is 188 g/mol. The fraction of sp³-hybridized carbons (Fsp3) is 0.750. The molecule has 0 aliphatic heterocycles. The van der Waals surface area contributed by atoms with Crippen molar-refractivity contribution in [3.63, 3.8) is 0 Å². The van der Waals surface area contributed by atoms with Crippen molar-refractivity contribution in [1.82, 2.24) is 10.2 Å². The average Bonchev–Trinajstić information content (AvgIpc) is 2.12. The lowest BCUT2D eigenvalue weighted by Gasteiger charge is -2.33. The molecule has 3 N–H and O–H groups in total. The molecule has 0 fully saturated rings. The molecule has 6 heteroatoms. The van der Waals surface area contributed by atoms with E-state index in [9.17, 15) is 9.59 Å². The van der Waals surface area contributed by atoms with Crippen molar-refractivity contribution in [2.24, 2.45) is 0 Å². The lowest BCUT2D eigenvalue weighted by Crippen LogP contribution is -2.52. The van der Waals surface area contributed by atoms with Crippen molar-refractivity contribution in [1.29, 1.82) is 0 Å². The Bertz CT molecular complexity index is 227. The maximum absolute atomic E-state index is 11.3. The number of hydrogen-bond donors (Lipinski definition) is 3. The first-order valence-corrected chi connectivity index (χ1v) is 4.15. The number of amides is 2. The van der Waals surface area contributed by atoms with Gasteiger partial charge < -0.3 is 20.4 Å². The largest absolute Gasteiger partial charge is 0.480 e. The third-order valence-corrected chi connectivity index (χ3v) is 1.99. The standard InChI is InChI=1S/C8H16N2O4/c1-8(2,5-11)10(3)7(14)9-4-6(12)13/h11H,4-5H2,1-3H3,(H,9,14)(H,12,13). The summed E-state index contributed by atoms with van der Waals surface area (Å²) in [6.07, 6.45) is 0. The predicted molar refractivity (Wildman–Crippen MR) is 50.0 cm³/mol. The van der Waals surface area contributed by atoms with Crippen LogP contribution >= 0.6 is 0 Å². The molecule has 0 rings (SSSR count). The van der Waals surface area contributed by atoms with Crippen molar-refractivity contribution >= 4 is 12.0 Å². The van der Waals surface area contributed by atoms with E-state index in [1.54, 1.807) is 13.8 Å². The number of rotatable bonds is 4. The molecule has 0 radical (unpaired) electrons. The number of carbonyl (C=O) groups is 2. The van der Waals surface area contributed by atoms with E-state index in [0.29, 0.717) is 0 Å². The van der Waals surface area contributed by atoms with Crippen LogP contribution in [0.25, 0.3) is 0 Å². The van der Waals surface area contributed by atoms with Gasteiger partial charge in [0.2, 0.25) is 0 Å². The van der Waals surface area contributed by atoms with Gasteiger partial charge in [0.1, 0.15) is 6.54 Å². The number of urea groups is 1. The molecule has 0 bridgehead atoms. The Morgan fingerprint density at radius 3 is 2.29 bits per heavy atom. The number of likely N-dealkylation sites (N-methyl/N-ethyl adjacent to an activating group) is 1. The normalized spacial score (nSPS) is 10.9. The van der Waals surface area contributed by atoms with Crippen LogP contribution in [0.5, 0.6) is 0 Å². The molecule has 0 heterocycles. The monoisotopic (exact) mass is 204 g/mol. The van der Waals surface area contributed by atoms with Crippen molar-refractivity contribution in [3.8, 4) is 0 Å². The summed E-state index contributed by atoms with van der Waals surface area (Å²) in [6.45, 7) is 2.73. The van der Waals surface area contributed by atoms with Gasteiger partial charge in [-0.1, -0.05) is 0 Å². The molecular formula is C8H16N2O4. The van der Waals surface area contributed by atoms with Crippen LogP contribution in [0.2, 0.25) is 0 Å². The van der Waals surface area contributed by atoms with Gasteiger partial charge in [-0.15, -0.1) is 0 Å². The van der Waals surface area contributed by atoms with Gasteiger partial charge in [0.05, 0.1) is 12.1 Å². The summed E-state index contributed by atoms with van der Waals surface area (Å²) in [5.74, 6) is -1.10. The molecule has 0 aliphatic carbocycles. The SMILES string of the molecule is CN(C(=O)NCC(=O)O)C(C)(C)CO. The first kappa shape index (κ1) is 12.7. The highest BCUT2D eigenvalue weighted by Gasteiger charge is 2.26. The number of hydrogen-bond acceptors (Lipinski definition) is 3. The number of carboxylic acid groups (broad SMARTS) is 1. The van der Waals surface area contributed by atoms with Gasteiger partial charge in [-0.25, -0.2) is 4.79 Å². The maximum atomic E-state index is 11.3. The Kier molecular flexibility index (Phi) is 4.36. The molecule has 0 saturated heterocycles. The summed E-state index contributed by atoms with van der Waals surface area (Å²) in [7, 11) is 1.49. The van der Waals surface area contributed by atoms with E-state index in [4.69, 9.17) is 10.2 Å². The number of carbonyl (C=O) groups excluding carboxylic acids is 1. The van der Waals surface area contributed by atoms with E-state index < -0.39 is 24.1 Å². The minimum Gasteiger partial charge on any atom is -0.480 e. The summed E-state index contributed by atoms with van der Waals surface area (Å²) in [5, 5.41) is 19.5. The van der Waals surface area contributed by atoms with Gasteiger partial charge >= 0.3 is 12.0 Å². The molecule has 0 aliphatic rings. The Labute approximate surface area is 82.5 Å². The smallest absolute Gasteiger partial charge is 0.323 e. The highest BCUT2D eigenvalue weighted by molar-refractivity contribution is 5.80. The van der Waals surface area contributed by atoms with E-state index in [-0.39, 0.29) is 6.61 Å². The molecule has 0 aromatic carbocycles. The van der Waals surface area contributed by atoms with Gasteiger partial charge in [0.15, 0.2) is 0 Å².